The molecule has 2 unspecified atom stereocenters. The molecule has 24 heteroatoms. The number of sulfone groups is 2. The molecular formula is C38H46N6O16S2. The third-order valence-electron chi connectivity index (χ3n) is 9.73. The predicted octanol–water partition coefficient (Wildman–Crippen LogP) is -3.37. The SMILES string of the molecule is CCOC1OC(=O)C[C@@H]1NC(=O)CN1CCS(=O)(=O)C[C@H](NC(=O)c2ccccc2)C1=O.O=C(CN1CCS(=O)(=O)C[C@H](NC(=O)c2ccccc2)C1=O)N[C@H]1CC(=O)OC1O. The number of aliphatic hydroxyl groups is 1. The lowest BCUT2D eigenvalue weighted by molar-refractivity contribution is -0.164. The van der Waals surface area contributed by atoms with Crippen LogP contribution in [0.3, 0.4) is 0 Å². The van der Waals surface area contributed by atoms with Crippen molar-refractivity contribution >= 4 is 67.1 Å². The summed E-state index contributed by atoms with van der Waals surface area (Å²) in [6, 6.07) is 11.7. The molecule has 6 rings (SSSR count). The molecular weight excluding hydrogens is 861 g/mol. The van der Waals surface area contributed by atoms with Crippen LogP contribution in [0.4, 0.5) is 0 Å². The van der Waals surface area contributed by atoms with Crippen LogP contribution in [0.5, 0.6) is 0 Å². The van der Waals surface area contributed by atoms with Crippen LogP contribution < -0.4 is 21.3 Å². The Labute approximate surface area is 355 Å². The standard InChI is InChI=1S/C20H25N3O8S.C18H21N3O8S/c1-2-30-20-14(10-17(25)31-20)21-16(24)11-23-8-9-32(28,29)12-15(19(23)27)22-18(26)13-6-4-3-5-7-13;22-14(19-12-8-15(23)29-18(12)26)9-21-6-7-30(27,28)10-13(17(21)25)20-16(24)11-4-2-1-3-5-11/h3-7,14-15,20H,2,8-12H2,1H3,(H,21,24)(H,22,26);1-5,12-13,18,26H,6-10H2,(H,19,22)(H,20,24)/t14-,15-,20?;12-,13-,18?/m00/s1. The Kier molecular flexibility index (Phi) is 15.7. The van der Waals surface area contributed by atoms with Gasteiger partial charge in [0.2, 0.25) is 36.2 Å². The lowest BCUT2D eigenvalue weighted by Crippen LogP contribution is -2.53. The van der Waals surface area contributed by atoms with Crippen LogP contribution in [0.2, 0.25) is 0 Å². The van der Waals surface area contributed by atoms with Gasteiger partial charge in [0.15, 0.2) is 19.7 Å². The van der Waals surface area contributed by atoms with E-state index in [1.807, 2.05) is 0 Å². The smallest absolute Gasteiger partial charge is 0.310 e. The van der Waals surface area contributed by atoms with Gasteiger partial charge >= 0.3 is 11.9 Å². The van der Waals surface area contributed by atoms with E-state index in [4.69, 9.17) is 9.47 Å². The normalized spacial score (nSPS) is 25.5. The number of carbonyl (C=O) groups excluding carboxylic acids is 8. The van der Waals surface area contributed by atoms with Crippen molar-refractivity contribution < 1.29 is 74.5 Å². The van der Waals surface area contributed by atoms with Crippen molar-refractivity contribution in [1.82, 2.24) is 31.1 Å². The molecule has 22 nitrogen and oxygen atoms in total. The minimum absolute atomic E-state index is 0.0749. The van der Waals surface area contributed by atoms with Crippen LogP contribution in [-0.2, 0) is 62.7 Å². The molecule has 4 aliphatic rings. The molecule has 0 radical (unpaired) electrons. The lowest BCUT2D eigenvalue weighted by atomic mass is 10.2. The van der Waals surface area contributed by atoms with E-state index in [-0.39, 0.29) is 55.2 Å². The van der Waals surface area contributed by atoms with E-state index in [2.05, 4.69) is 26.0 Å². The van der Waals surface area contributed by atoms with E-state index in [9.17, 15) is 60.3 Å². The Morgan fingerprint density at radius 3 is 1.50 bits per heavy atom. The van der Waals surface area contributed by atoms with Gasteiger partial charge in [-0.25, -0.2) is 16.8 Å². The summed E-state index contributed by atoms with van der Waals surface area (Å²) in [5.41, 5.74) is 0.537. The van der Waals surface area contributed by atoms with Crippen molar-refractivity contribution in [3.63, 3.8) is 0 Å². The highest BCUT2D eigenvalue weighted by atomic mass is 32.2. The molecule has 0 spiro atoms. The summed E-state index contributed by atoms with van der Waals surface area (Å²) in [5, 5.41) is 19.4. The molecule has 0 aliphatic carbocycles. The van der Waals surface area contributed by atoms with Crippen molar-refractivity contribution in [2.45, 2.75) is 56.5 Å². The zero-order chi connectivity index (χ0) is 45.2. The highest BCUT2D eigenvalue weighted by Crippen LogP contribution is 2.17. The molecule has 6 amide bonds. The van der Waals surface area contributed by atoms with Crippen LogP contribution in [0.1, 0.15) is 40.5 Å². The number of rotatable bonds is 12. The minimum atomic E-state index is -3.65. The van der Waals surface area contributed by atoms with Crippen molar-refractivity contribution in [2.75, 3.05) is 55.8 Å². The largest absolute Gasteiger partial charge is 0.434 e. The van der Waals surface area contributed by atoms with Gasteiger partial charge in [-0.15, -0.1) is 0 Å². The van der Waals surface area contributed by atoms with E-state index >= 15 is 0 Å². The fourth-order valence-corrected chi connectivity index (χ4v) is 9.45. The summed E-state index contributed by atoms with van der Waals surface area (Å²) < 4.78 is 63.8. The number of hydrogen-bond acceptors (Lipinski definition) is 16. The summed E-state index contributed by atoms with van der Waals surface area (Å²) in [6.07, 6.45) is -2.70. The lowest BCUT2D eigenvalue weighted by Gasteiger charge is -2.25. The fraction of sp³-hybridized carbons (Fsp3) is 0.474. The summed E-state index contributed by atoms with van der Waals surface area (Å²) in [5.74, 6) is -6.91. The van der Waals surface area contributed by atoms with Crippen LogP contribution >= 0.6 is 0 Å². The van der Waals surface area contributed by atoms with Crippen molar-refractivity contribution in [3.05, 3.63) is 71.8 Å². The van der Waals surface area contributed by atoms with E-state index in [1.54, 1.807) is 43.3 Å². The van der Waals surface area contributed by atoms with Gasteiger partial charge in [0.1, 0.15) is 24.2 Å². The third kappa shape index (κ3) is 13.3. The van der Waals surface area contributed by atoms with Gasteiger partial charge in [-0.2, -0.15) is 0 Å². The first-order chi connectivity index (χ1) is 29.3. The number of amides is 6. The molecule has 62 heavy (non-hydrogen) atoms. The average Bonchev–Trinajstić information content (AvgIpc) is 3.67. The summed E-state index contributed by atoms with van der Waals surface area (Å²) in [6.45, 7) is 0.635. The summed E-state index contributed by atoms with van der Waals surface area (Å²) in [7, 11) is -7.29. The number of cyclic esters (lactones) is 2. The first kappa shape index (κ1) is 47.1. The molecule has 6 atom stereocenters. The first-order valence-corrected chi connectivity index (χ1v) is 22.9. The van der Waals surface area contributed by atoms with E-state index < -0.39 is 128 Å². The molecule has 0 saturated carbocycles. The second-order valence-corrected chi connectivity index (χ2v) is 18.9. The Balaban J connectivity index is 0.000000235. The molecule has 4 heterocycles. The Morgan fingerprint density at radius 1 is 0.661 bits per heavy atom. The molecule has 0 aromatic heterocycles. The number of benzene rings is 2. The van der Waals surface area contributed by atoms with Gasteiger partial charge in [0.05, 0.1) is 48.9 Å². The maximum atomic E-state index is 13.0. The third-order valence-corrected chi connectivity index (χ3v) is 13.0. The Bertz CT molecular complexity index is 2250. The quantitative estimate of drug-likeness (QED) is 0.130. The van der Waals surface area contributed by atoms with Gasteiger partial charge in [-0.3, -0.25) is 38.4 Å². The van der Waals surface area contributed by atoms with Gasteiger partial charge in [-0.05, 0) is 31.2 Å². The second kappa shape index (κ2) is 20.7. The number of esters is 2. The number of carbonyl (C=O) groups is 8. The van der Waals surface area contributed by atoms with Gasteiger partial charge in [0.25, 0.3) is 11.8 Å². The minimum Gasteiger partial charge on any atom is -0.434 e. The van der Waals surface area contributed by atoms with E-state index in [0.29, 0.717) is 0 Å². The maximum absolute atomic E-state index is 13.0. The van der Waals surface area contributed by atoms with Crippen LogP contribution in [0.25, 0.3) is 0 Å². The van der Waals surface area contributed by atoms with Crippen molar-refractivity contribution in [3.8, 4) is 0 Å². The average molecular weight is 907 g/mol. The van der Waals surface area contributed by atoms with Gasteiger partial charge in [0, 0.05) is 30.8 Å². The van der Waals surface area contributed by atoms with Crippen molar-refractivity contribution in [2.24, 2.45) is 0 Å². The van der Waals surface area contributed by atoms with Crippen LogP contribution in [0.15, 0.2) is 60.7 Å². The highest BCUT2D eigenvalue weighted by Gasteiger charge is 2.40. The molecule has 336 valence electrons. The van der Waals surface area contributed by atoms with Crippen molar-refractivity contribution in [1.29, 1.82) is 0 Å². The molecule has 4 fully saturated rings. The second-order valence-electron chi connectivity index (χ2n) is 14.5. The zero-order valence-corrected chi connectivity index (χ0v) is 34.9. The predicted molar refractivity (Wildman–Crippen MR) is 213 cm³/mol. The van der Waals surface area contributed by atoms with E-state index in [1.165, 1.54) is 24.3 Å². The summed E-state index contributed by atoms with van der Waals surface area (Å²) in [4.78, 5) is 100. The fourth-order valence-electron chi connectivity index (χ4n) is 6.65. The van der Waals surface area contributed by atoms with Gasteiger partial charge in [-0.1, -0.05) is 36.4 Å². The number of hydrogen-bond donors (Lipinski definition) is 5. The van der Waals surface area contributed by atoms with Crippen LogP contribution in [0, 0.1) is 0 Å². The monoisotopic (exact) mass is 906 g/mol. The zero-order valence-electron chi connectivity index (χ0n) is 33.3. The number of nitrogens with one attached hydrogen (secondary N) is 4. The molecule has 2 aromatic carbocycles. The Morgan fingerprint density at radius 2 is 1.08 bits per heavy atom. The number of aliphatic hydroxyl groups excluding tert-OH is 1. The Hall–Kier alpha value is -5.98. The van der Waals surface area contributed by atoms with Gasteiger partial charge < -0.3 is 50.4 Å². The molecule has 5 N–H and O–H groups in total. The summed E-state index contributed by atoms with van der Waals surface area (Å²) >= 11 is 0. The number of nitrogens with zero attached hydrogens (tertiary/aromatic N) is 2. The maximum Gasteiger partial charge on any atom is 0.310 e. The van der Waals surface area contributed by atoms with E-state index in [0.717, 1.165) is 9.80 Å². The number of ether oxygens (including phenoxy) is 3. The highest BCUT2D eigenvalue weighted by molar-refractivity contribution is 7.91. The topological polar surface area (TPSA) is 307 Å². The first-order valence-electron chi connectivity index (χ1n) is 19.3. The molecule has 0 bridgehead atoms. The molecule has 4 saturated heterocycles. The molecule has 4 aliphatic heterocycles. The van der Waals surface area contributed by atoms with Crippen LogP contribution in [-0.4, -0.2) is 172 Å². The molecule has 2 aromatic rings.